The van der Waals surface area contributed by atoms with Gasteiger partial charge in [0.25, 0.3) is 6.43 Å². The van der Waals surface area contributed by atoms with E-state index in [1.165, 1.54) is 0 Å². The van der Waals surface area contributed by atoms with Crippen molar-refractivity contribution in [1.29, 1.82) is 0 Å². The van der Waals surface area contributed by atoms with E-state index in [0.717, 1.165) is 12.4 Å². The van der Waals surface area contributed by atoms with E-state index in [0.29, 0.717) is 11.1 Å². The molecule has 0 aliphatic carbocycles. The third-order valence-electron chi connectivity index (χ3n) is 3.09. The molecule has 2 aromatic heterocycles. The molecule has 0 aliphatic heterocycles. The highest BCUT2D eigenvalue weighted by molar-refractivity contribution is 6.36. The Kier molecular flexibility index (Phi) is 3.74. The maximum absolute atomic E-state index is 14.4. The Bertz CT molecular complexity index is 880. The lowest BCUT2D eigenvalue weighted by Crippen LogP contribution is -1.98. The fourth-order valence-corrected chi connectivity index (χ4v) is 2.72. The predicted octanol–water partition coefficient (Wildman–Crippen LogP) is 5.58. The SMILES string of the molecule is Cc1cc2c(-c3ncnc(C(F)F)c3Cl)c(F)cc(Cl)c2o1. The molecule has 0 spiro atoms. The van der Waals surface area contributed by atoms with E-state index in [2.05, 4.69) is 9.97 Å². The van der Waals surface area contributed by atoms with Crippen molar-refractivity contribution < 1.29 is 17.6 Å². The normalized spacial score (nSPS) is 11.6. The summed E-state index contributed by atoms with van der Waals surface area (Å²) in [6.45, 7) is 1.66. The van der Waals surface area contributed by atoms with Crippen molar-refractivity contribution in [1.82, 2.24) is 9.97 Å². The Hall–Kier alpha value is -1.79. The Morgan fingerprint density at radius 3 is 2.59 bits per heavy atom. The zero-order valence-electron chi connectivity index (χ0n) is 11.0. The van der Waals surface area contributed by atoms with E-state index < -0.39 is 23.0 Å². The van der Waals surface area contributed by atoms with Crippen molar-refractivity contribution in [2.45, 2.75) is 13.3 Å². The van der Waals surface area contributed by atoms with Crippen LogP contribution in [0.15, 0.2) is 22.9 Å². The molecule has 0 N–H and O–H groups in total. The molecule has 0 bridgehead atoms. The number of benzene rings is 1. The smallest absolute Gasteiger partial charge is 0.281 e. The lowest BCUT2D eigenvalue weighted by atomic mass is 10.0. The molecule has 114 valence electrons. The first-order valence-electron chi connectivity index (χ1n) is 6.07. The highest BCUT2D eigenvalue weighted by atomic mass is 35.5. The minimum atomic E-state index is -2.90. The summed E-state index contributed by atoms with van der Waals surface area (Å²) in [5, 5.41) is -0.0224. The third-order valence-corrected chi connectivity index (χ3v) is 3.75. The third kappa shape index (κ3) is 2.32. The summed E-state index contributed by atoms with van der Waals surface area (Å²) in [7, 11) is 0. The molecule has 0 saturated heterocycles. The van der Waals surface area contributed by atoms with Crippen LogP contribution >= 0.6 is 23.2 Å². The Morgan fingerprint density at radius 1 is 1.18 bits per heavy atom. The fraction of sp³-hybridized carbons (Fsp3) is 0.143. The van der Waals surface area contributed by atoms with Crippen molar-refractivity contribution in [2.24, 2.45) is 0 Å². The van der Waals surface area contributed by atoms with Gasteiger partial charge in [-0.25, -0.2) is 23.1 Å². The Balaban J connectivity index is 2.38. The molecule has 0 fully saturated rings. The minimum absolute atomic E-state index is 0.0504. The zero-order valence-corrected chi connectivity index (χ0v) is 12.5. The largest absolute Gasteiger partial charge is 0.460 e. The quantitative estimate of drug-likeness (QED) is 0.607. The van der Waals surface area contributed by atoms with Crippen LogP contribution in [0.2, 0.25) is 10.0 Å². The van der Waals surface area contributed by atoms with Crippen molar-refractivity contribution in [3.8, 4) is 11.3 Å². The Labute approximate surface area is 132 Å². The van der Waals surface area contributed by atoms with Gasteiger partial charge in [-0.15, -0.1) is 0 Å². The van der Waals surface area contributed by atoms with Crippen molar-refractivity contribution in [2.75, 3.05) is 0 Å². The van der Waals surface area contributed by atoms with Gasteiger partial charge in [-0.05, 0) is 19.1 Å². The van der Waals surface area contributed by atoms with Crippen LogP contribution in [0, 0.1) is 12.7 Å². The lowest BCUT2D eigenvalue weighted by Gasteiger charge is -2.09. The van der Waals surface area contributed by atoms with Crippen LogP contribution in [0.1, 0.15) is 17.9 Å². The number of aromatic nitrogens is 2. The maximum atomic E-state index is 14.4. The fourth-order valence-electron chi connectivity index (χ4n) is 2.21. The summed E-state index contributed by atoms with van der Waals surface area (Å²) in [5.41, 5.74) is -0.601. The van der Waals surface area contributed by atoms with Crippen molar-refractivity contribution >= 4 is 34.2 Å². The first kappa shape index (κ1) is 15.1. The van der Waals surface area contributed by atoms with Crippen LogP contribution in [-0.2, 0) is 0 Å². The van der Waals surface area contributed by atoms with E-state index in [4.69, 9.17) is 27.6 Å². The molecule has 0 saturated carbocycles. The summed E-state index contributed by atoms with van der Waals surface area (Å²) >= 11 is 11.9. The van der Waals surface area contributed by atoms with Gasteiger partial charge < -0.3 is 4.42 Å². The monoisotopic (exact) mass is 346 g/mol. The number of halogens is 5. The Morgan fingerprint density at radius 2 is 1.91 bits per heavy atom. The molecule has 0 atom stereocenters. The van der Waals surface area contributed by atoms with Gasteiger partial charge in [-0.1, -0.05) is 23.2 Å². The molecule has 8 heteroatoms. The number of alkyl halides is 2. The molecule has 2 heterocycles. The first-order valence-corrected chi connectivity index (χ1v) is 6.82. The van der Waals surface area contributed by atoms with E-state index in [1.54, 1.807) is 13.0 Å². The number of fused-ring (bicyclic) bond motifs is 1. The predicted molar refractivity (Wildman–Crippen MR) is 76.9 cm³/mol. The van der Waals surface area contributed by atoms with Crippen LogP contribution in [0.4, 0.5) is 13.2 Å². The second kappa shape index (κ2) is 5.44. The molecule has 0 amide bonds. The standard InChI is InChI=1S/C14H7Cl2F3N2O/c1-5-2-6-9(8(17)3-7(15)13(6)22-5)11-10(16)12(14(18)19)21-4-20-11/h2-4,14H,1H3. The average molecular weight is 347 g/mol. The highest BCUT2D eigenvalue weighted by Gasteiger charge is 2.24. The number of hydrogen-bond donors (Lipinski definition) is 0. The van der Waals surface area contributed by atoms with Crippen molar-refractivity contribution in [3.05, 3.63) is 45.8 Å². The second-order valence-electron chi connectivity index (χ2n) is 4.54. The molecule has 3 nitrogen and oxygen atoms in total. The molecule has 3 rings (SSSR count). The van der Waals surface area contributed by atoms with Gasteiger partial charge in [0.05, 0.1) is 15.7 Å². The lowest BCUT2D eigenvalue weighted by molar-refractivity contribution is 0.146. The molecule has 0 radical (unpaired) electrons. The van der Waals surface area contributed by atoms with Crippen LogP contribution in [0.3, 0.4) is 0 Å². The average Bonchev–Trinajstić information content (AvgIpc) is 2.82. The number of nitrogens with zero attached hydrogens (tertiary/aromatic N) is 2. The molecular weight excluding hydrogens is 340 g/mol. The number of rotatable bonds is 2. The number of aryl methyl sites for hydroxylation is 1. The van der Waals surface area contributed by atoms with Gasteiger partial charge in [-0.3, -0.25) is 0 Å². The highest BCUT2D eigenvalue weighted by Crippen LogP contribution is 2.40. The molecule has 0 aliphatic rings. The van der Waals surface area contributed by atoms with Gasteiger partial charge in [0, 0.05) is 10.9 Å². The van der Waals surface area contributed by atoms with Gasteiger partial charge in [0.15, 0.2) is 5.58 Å². The molecular formula is C14H7Cl2F3N2O. The minimum Gasteiger partial charge on any atom is -0.460 e. The van der Waals surface area contributed by atoms with Gasteiger partial charge >= 0.3 is 0 Å². The number of furan rings is 1. The van der Waals surface area contributed by atoms with Gasteiger partial charge in [-0.2, -0.15) is 0 Å². The van der Waals surface area contributed by atoms with E-state index in [9.17, 15) is 13.2 Å². The van der Waals surface area contributed by atoms with E-state index in [1.807, 2.05) is 0 Å². The summed E-state index contributed by atoms with van der Waals surface area (Å²) < 4.78 is 45.6. The molecule has 0 unspecified atom stereocenters. The summed E-state index contributed by atoms with van der Waals surface area (Å²) in [5.74, 6) is -0.248. The summed E-state index contributed by atoms with van der Waals surface area (Å²) in [6, 6.07) is 2.57. The molecule has 1 aromatic carbocycles. The van der Waals surface area contributed by atoms with Gasteiger partial charge in [0.2, 0.25) is 0 Å². The molecule has 22 heavy (non-hydrogen) atoms. The number of hydrogen-bond acceptors (Lipinski definition) is 3. The van der Waals surface area contributed by atoms with Crippen molar-refractivity contribution in [3.63, 3.8) is 0 Å². The van der Waals surface area contributed by atoms with E-state index in [-0.39, 0.29) is 21.9 Å². The maximum Gasteiger partial charge on any atom is 0.281 e. The van der Waals surface area contributed by atoms with Crippen LogP contribution in [0.25, 0.3) is 22.2 Å². The molecule has 3 aromatic rings. The summed E-state index contributed by atoms with van der Waals surface area (Å²) in [4.78, 5) is 7.27. The van der Waals surface area contributed by atoms with E-state index >= 15 is 0 Å². The zero-order chi connectivity index (χ0) is 16.0. The van der Waals surface area contributed by atoms with Crippen LogP contribution in [0.5, 0.6) is 0 Å². The topological polar surface area (TPSA) is 38.9 Å². The summed E-state index contributed by atoms with van der Waals surface area (Å²) in [6.07, 6.45) is -1.98. The van der Waals surface area contributed by atoms with Crippen LogP contribution in [-0.4, -0.2) is 9.97 Å². The van der Waals surface area contributed by atoms with Gasteiger partial charge in [0.1, 0.15) is 23.6 Å². The first-order chi connectivity index (χ1) is 10.4. The second-order valence-corrected chi connectivity index (χ2v) is 5.32. The van der Waals surface area contributed by atoms with Crippen LogP contribution < -0.4 is 0 Å².